The van der Waals surface area contributed by atoms with Gasteiger partial charge >= 0.3 is 5.97 Å². The molecule has 20 heavy (non-hydrogen) atoms. The Balaban J connectivity index is 2.36. The van der Waals surface area contributed by atoms with E-state index >= 15 is 0 Å². The molecule has 0 aliphatic carbocycles. The number of carbonyl (C=O) groups is 1. The summed E-state index contributed by atoms with van der Waals surface area (Å²) in [5.41, 5.74) is -0.726. The van der Waals surface area contributed by atoms with Crippen molar-refractivity contribution in [3.8, 4) is 0 Å². The van der Waals surface area contributed by atoms with Crippen LogP contribution in [-0.2, 0) is 0 Å². The summed E-state index contributed by atoms with van der Waals surface area (Å²) in [4.78, 5) is 14.6. The molecule has 0 aromatic heterocycles. The van der Waals surface area contributed by atoms with Crippen LogP contribution in [0.25, 0.3) is 0 Å². The minimum absolute atomic E-state index is 0.142. The smallest absolute Gasteiger partial charge is 0.335 e. The fraction of sp³-hybridized carbons (Fsp3) is 0.500. The average molecular weight is 284 g/mol. The number of hydrogen-bond donors (Lipinski definition) is 1. The van der Waals surface area contributed by atoms with Gasteiger partial charge in [0.1, 0.15) is 17.3 Å². The molecule has 0 radical (unpaired) electrons. The van der Waals surface area contributed by atoms with E-state index in [1.54, 1.807) is 4.90 Å². The number of piperazine rings is 1. The van der Waals surface area contributed by atoms with Gasteiger partial charge in [0.05, 0.1) is 5.56 Å². The van der Waals surface area contributed by atoms with Crippen molar-refractivity contribution in [3.05, 3.63) is 29.3 Å². The quantitative estimate of drug-likeness (QED) is 0.904. The maximum absolute atomic E-state index is 14.0. The van der Waals surface area contributed by atoms with Crippen LogP contribution < -0.4 is 4.90 Å². The number of halogens is 2. The Labute approximate surface area is 116 Å². The van der Waals surface area contributed by atoms with E-state index in [0.29, 0.717) is 19.6 Å². The molecule has 1 aromatic rings. The van der Waals surface area contributed by atoms with Gasteiger partial charge in [0, 0.05) is 25.2 Å². The summed E-state index contributed by atoms with van der Waals surface area (Å²) in [6, 6.07) is 1.73. The predicted molar refractivity (Wildman–Crippen MR) is 72.2 cm³/mol. The van der Waals surface area contributed by atoms with Crippen molar-refractivity contribution < 1.29 is 18.7 Å². The zero-order valence-corrected chi connectivity index (χ0v) is 11.8. The van der Waals surface area contributed by atoms with E-state index < -0.39 is 17.6 Å². The van der Waals surface area contributed by atoms with E-state index in [1.165, 1.54) is 0 Å². The molecule has 0 spiro atoms. The fourth-order valence-corrected chi connectivity index (χ4v) is 2.42. The number of carboxylic acids is 1. The van der Waals surface area contributed by atoms with Crippen LogP contribution in [0.15, 0.2) is 12.1 Å². The molecule has 2 rings (SSSR count). The van der Waals surface area contributed by atoms with Gasteiger partial charge in [0.15, 0.2) is 0 Å². The monoisotopic (exact) mass is 284 g/mol. The SMILES string of the molecule is CN1CCN(c2c(F)cc(C(=O)O)cc2F)CC1(C)C. The van der Waals surface area contributed by atoms with Gasteiger partial charge in [-0.25, -0.2) is 13.6 Å². The second-order valence-corrected chi connectivity index (χ2v) is 5.75. The van der Waals surface area contributed by atoms with E-state index in [2.05, 4.69) is 4.90 Å². The first-order chi connectivity index (χ1) is 9.22. The second-order valence-electron chi connectivity index (χ2n) is 5.75. The van der Waals surface area contributed by atoms with E-state index in [9.17, 15) is 13.6 Å². The summed E-state index contributed by atoms with van der Waals surface area (Å²) in [6.45, 7) is 5.66. The Bertz CT molecular complexity index is 523. The number of nitrogens with zero attached hydrogens (tertiary/aromatic N) is 2. The van der Waals surface area contributed by atoms with Crippen molar-refractivity contribution in [2.24, 2.45) is 0 Å². The first-order valence-corrected chi connectivity index (χ1v) is 6.41. The minimum atomic E-state index is -1.34. The molecule has 1 aromatic carbocycles. The molecule has 1 heterocycles. The topological polar surface area (TPSA) is 43.8 Å². The number of rotatable bonds is 2. The minimum Gasteiger partial charge on any atom is -0.478 e. The summed E-state index contributed by atoms with van der Waals surface area (Å²) in [5, 5.41) is 8.80. The highest BCUT2D eigenvalue weighted by atomic mass is 19.1. The Kier molecular flexibility index (Phi) is 3.69. The molecular weight excluding hydrogens is 266 g/mol. The summed E-state index contributed by atoms with van der Waals surface area (Å²) in [5.74, 6) is -3.00. The zero-order valence-electron chi connectivity index (χ0n) is 11.8. The lowest BCUT2D eigenvalue weighted by Gasteiger charge is -2.46. The molecule has 6 heteroatoms. The first-order valence-electron chi connectivity index (χ1n) is 6.41. The lowest BCUT2D eigenvalue weighted by molar-refractivity contribution is 0.0695. The Morgan fingerprint density at radius 1 is 1.25 bits per heavy atom. The van der Waals surface area contributed by atoms with Crippen LogP contribution in [0.2, 0.25) is 0 Å². The molecule has 110 valence electrons. The van der Waals surface area contributed by atoms with E-state index in [4.69, 9.17) is 5.11 Å². The maximum Gasteiger partial charge on any atom is 0.335 e. The highest BCUT2D eigenvalue weighted by Gasteiger charge is 2.33. The predicted octanol–water partition coefficient (Wildman–Crippen LogP) is 2.19. The van der Waals surface area contributed by atoms with Crippen LogP contribution in [0.1, 0.15) is 24.2 Å². The van der Waals surface area contributed by atoms with Crippen molar-refractivity contribution >= 4 is 11.7 Å². The van der Waals surface area contributed by atoms with E-state index in [-0.39, 0.29) is 16.8 Å². The van der Waals surface area contributed by atoms with E-state index in [0.717, 1.165) is 12.1 Å². The van der Waals surface area contributed by atoms with Gasteiger partial charge in [0.2, 0.25) is 0 Å². The largest absolute Gasteiger partial charge is 0.478 e. The molecule has 0 unspecified atom stereocenters. The van der Waals surface area contributed by atoms with Crippen molar-refractivity contribution in [3.63, 3.8) is 0 Å². The van der Waals surface area contributed by atoms with Gasteiger partial charge in [-0.2, -0.15) is 0 Å². The fourth-order valence-electron chi connectivity index (χ4n) is 2.42. The van der Waals surface area contributed by atoms with Crippen LogP contribution in [0.5, 0.6) is 0 Å². The van der Waals surface area contributed by atoms with Gasteiger partial charge in [0.25, 0.3) is 0 Å². The number of aromatic carboxylic acids is 1. The average Bonchev–Trinajstić information content (AvgIpc) is 2.32. The maximum atomic E-state index is 14.0. The third kappa shape index (κ3) is 2.60. The lowest BCUT2D eigenvalue weighted by Crippen LogP contribution is -2.58. The van der Waals surface area contributed by atoms with Crippen LogP contribution in [0.4, 0.5) is 14.5 Å². The third-order valence-corrected chi connectivity index (χ3v) is 3.90. The van der Waals surface area contributed by atoms with Gasteiger partial charge in [-0.05, 0) is 33.0 Å². The number of anilines is 1. The lowest BCUT2D eigenvalue weighted by atomic mass is 9.99. The standard InChI is InChI=1S/C14H18F2N2O2/c1-14(2)8-18(5-4-17(14)3)12-10(15)6-9(13(19)20)7-11(12)16/h6-7H,4-5,8H2,1-3H3,(H,19,20). The van der Waals surface area contributed by atoms with Crippen LogP contribution >= 0.6 is 0 Å². The number of hydrogen-bond acceptors (Lipinski definition) is 3. The molecule has 0 amide bonds. The summed E-state index contributed by atoms with van der Waals surface area (Å²) >= 11 is 0. The van der Waals surface area contributed by atoms with Gasteiger partial charge in [-0.1, -0.05) is 0 Å². The molecule has 0 bridgehead atoms. The molecule has 1 aliphatic heterocycles. The summed E-state index contributed by atoms with van der Waals surface area (Å²) in [7, 11) is 1.97. The van der Waals surface area contributed by atoms with Gasteiger partial charge in [-0.15, -0.1) is 0 Å². The van der Waals surface area contributed by atoms with Crippen molar-refractivity contribution in [2.75, 3.05) is 31.6 Å². The van der Waals surface area contributed by atoms with Crippen molar-refractivity contribution in [2.45, 2.75) is 19.4 Å². The Morgan fingerprint density at radius 3 is 2.25 bits per heavy atom. The number of benzene rings is 1. The highest BCUT2D eigenvalue weighted by molar-refractivity contribution is 5.88. The van der Waals surface area contributed by atoms with Gasteiger partial charge in [-0.3, -0.25) is 4.90 Å². The number of likely N-dealkylation sites (N-methyl/N-ethyl adjacent to an activating group) is 1. The second kappa shape index (κ2) is 5.01. The molecule has 0 saturated carbocycles. The molecule has 0 atom stereocenters. The zero-order chi connectivity index (χ0) is 15.1. The molecule has 1 N–H and O–H groups in total. The highest BCUT2D eigenvalue weighted by Crippen LogP contribution is 2.29. The van der Waals surface area contributed by atoms with Gasteiger partial charge < -0.3 is 10.0 Å². The van der Waals surface area contributed by atoms with Crippen LogP contribution in [-0.4, -0.2) is 48.2 Å². The summed E-state index contributed by atoms with van der Waals surface area (Å²) in [6.07, 6.45) is 0. The third-order valence-electron chi connectivity index (χ3n) is 3.90. The molecular formula is C14H18F2N2O2. The van der Waals surface area contributed by atoms with Crippen molar-refractivity contribution in [1.82, 2.24) is 4.90 Å². The molecule has 1 aliphatic rings. The van der Waals surface area contributed by atoms with Crippen molar-refractivity contribution in [1.29, 1.82) is 0 Å². The molecule has 4 nitrogen and oxygen atoms in total. The Hall–Kier alpha value is -1.69. The van der Waals surface area contributed by atoms with E-state index in [1.807, 2.05) is 20.9 Å². The summed E-state index contributed by atoms with van der Waals surface area (Å²) < 4.78 is 28.1. The molecule has 1 fully saturated rings. The van der Waals surface area contributed by atoms with Crippen LogP contribution in [0.3, 0.4) is 0 Å². The normalized spacial score (nSPS) is 19.1. The molecule has 1 saturated heterocycles. The number of carboxylic acid groups (broad SMARTS) is 1. The van der Waals surface area contributed by atoms with Crippen LogP contribution in [0, 0.1) is 11.6 Å². The first kappa shape index (κ1) is 14.7. The Morgan fingerprint density at radius 2 is 1.80 bits per heavy atom.